The molecule has 20 heavy (non-hydrogen) atoms. The van der Waals surface area contributed by atoms with Crippen molar-refractivity contribution in [3.63, 3.8) is 0 Å². The van der Waals surface area contributed by atoms with Crippen LogP contribution in [0.2, 0.25) is 5.02 Å². The van der Waals surface area contributed by atoms with Gasteiger partial charge in [-0.15, -0.1) is 0 Å². The molecule has 1 aromatic carbocycles. The van der Waals surface area contributed by atoms with Gasteiger partial charge in [0, 0.05) is 6.20 Å². The van der Waals surface area contributed by atoms with Gasteiger partial charge in [0.1, 0.15) is 0 Å². The maximum Gasteiger partial charge on any atom is 0.0804 e. The van der Waals surface area contributed by atoms with Gasteiger partial charge in [-0.05, 0) is 42.6 Å². The van der Waals surface area contributed by atoms with Gasteiger partial charge in [-0.25, -0.2) is 0 Å². The predicted molar refractivity (Wildman–Crippen MR) is 85.2 cm³/mol. The molecule has 1 aromatic heterocycles. The molecule has 0 bridgehead atoms. The van der Waals surface area contributed by atoms with Crippen LogP contribution in [-0.2, 0) is 6.42 Å². The Kier molecular flexibility index (Phi) is 5.57. The van der Waals surface area contributed by atoms with Crippen molar-refractivity contribution in [1.82, 2.24) is 10.3 Å². The molecule has 0 aliphatic rings. The van der Waals surface area contributed by atoms with Crippen LogP contribution >= 0.6 is 11.6 Å². The zero-order chi connectivity index (χ0) is 14.4. The molecule has 1 atom stereocenters. The van der Waals surface area contributed by atoms with Gasteiger partial charge < -0.3 is 5.32 Å². The lowest BCUT2D eigenvalue weighted by molar-refractivity contribution is 0.586. The molecule has 0 saturated heterocycles. The Labute approximate surface area is 126 Å². The lowest BCUT2D eigenvalue weighted by Gasteiger charge is -2.20. The first-order chi connectivity index (χ1) is 9.76. The average Bonchev–Trinajstić information content (AvgIpc) is 2.49. The van der Waals surface area contributed by atoms with Crippen LogP contribution in [0.25, 0.3) is 0 Å². The van der Waals surface area contributed by atoms with Crippen LogP contribution in [0, 0.1) is 0 Å². The number of hydrogen-bond donors (Lipinski definition) is 1. The van der Waals surface area contributed by atoms with Crippen molar-refractivity contribution in [3.05, 3.63) is 64.4 Å². The van der Waals surface area contributed by atoms with Crippen molar-refractivity contribution in [2.45, 2.75) is 32.7 Å². The topological polar surface area (TPSA) is 24.9 Å². The Morgan fingerprint density at radius 3 is 2.75 bits per heavy atom. The van der Waals surface area contributed by atoms with E-state index in [2.05, 4.69) is 48.4 Å². The molecule has 0 amide bonds. The van der Waals surface area contributed by atoms with Gasteiger partial charge in [-0.2, -0.15) is 0 Å². The molecule has 0 fully saturated rings. The molecule has 0 aliphatic heterocycles. The highest BCUT2D eigenvalue weighted by Crippen LogP contribution is 2.27. The first-order valence-electron chi connectivity index (χ1n) is 7.18. The maximum atomic E-state index is 6.32. The highest BCUT2D eigenvalue weighted by atomic mass is 35.5. The molecular weight excluding hydrogens is 268 g/mol. The largest absolute Gasteiger partial charge is 0.305 e. The van der Waals surface area contributed by atoms with Crippen LogP contribution in [0.3, 0.4) is 0 Å². The molecule has 0 spiro atoms. The first-order valence-corrected chi connectivity index (χ1v) is 7.56. The van der Waals surface area contributed by atoms with Crippen LogP contribution in [-0.4, -0.2) is 11.5 Å². The monoisotopic (exact) mass is 288 g/mol. The maximum absolute atomic E-state index is 6.32. The number of hydrogen-bond acceptors (Lipinski definition) is 2. The van der Waals surface area contributed by atoms with E-state index in [0.29, 0.717) is 5.02 Å². The van der Waals surface area contributed by atoms with E-state index in [4.69, 9.17) is 11.6 Å². The van der Waals surface area contributed by atoms with Gasteiger partial charge in [0.2, 0.25) is 0 Å². The Morgan fingerprint density at radius 2 is 2.05 bits per heavy atom. The van der Waals surface area contributed by atoms with Crippen molar-refractivity contribution in [1.29, 1.82) is 0 Å². The Hall–Kier alpha value is -1.38. The predicted octanol–water partition coefficient (Wildman–Crippen LogP) is 4.39. The lowest BCUT2D eigenvalue weighted by Crippen LogP contribution is -2.24. The van der Waals surface area contributed by atoms with Crippen LogP contribution in [0.15, 0.2) is 42.6 Å². The summed E-state index contributed by atoms with van der Waals surface area (Å²) in [6.07, 6.45) is 3.91. The summed E-state index contributed by atoms with van der Waals surface area (Å²) in [5.74, 6) is 0. The third kappa shape index (κ3) is 3.59. The number of rotatable bonds is 6. The molecule has 106 valence electrons. The minimum absolute atomic E-state index is 0.0511. The fourth-order valence-corrected chi connectivity index (χ4v) is 2.49. The SMILES string of the molecule is CCCNC(c1cccc(CC)c1)c1ncccc1Cl. The van der Waals surface area contributed by atoms with Gasteiger partial charge in [0.15, 0.2) is 0 Å². The van der Waals surface area contributed by atoms with Crippen molar-refractivity contribution in [3.8, 4) is 0 Å². The third-order valence-electron chi connectivity index (χ3n) is 3.35. The zero-order valence-corrected chi connectivity index (χ0v) is 12.8. The molecule has 2 rings (SSSR count). The quantitative estimate of drug-likeness (QED) is 0.853. The highest BCUT2D eigenvalue weighted by molar-refractivity contribution is 6.31. The summed E-state index contributed by atoms with van der Waals surface area (Å²) in [4.78, 5) is 4.47. The number of halogens is 1. The van der Waals surface area contributed by atoms with Crippen molar-refractivity contribution in [2.24, 2.45) is 0 Å². The number of pyridine rings is 1. The third-order valence-corrected chi connectivity index (χ3v) is 3.67. The summed E-state index contributed by atoms with van der Waals surface area (Å²) in [7, 11) is 0. The van der Waals surface area contributed by atoms with Gasteiger partial charge in [-0.1, -0.05) is 49.7 Å². The summed E-state index contributed by atoms with van der Waals surface area (Å²) in [6, 6.07) is 12.4. The molecule has 3 heteroatoms. The number of nitrogens with zero attached hydrogens (tertiary/aromatic N) is 1. The molecule has 2 aromatic rings. The fraction of sp³-hybridized carbons (Fsp3) is 0.353. The molecule has 1 N–H and O–H groups in total. The van der Waals surface area contributed by atoms with E-state index >= 15 is 0 Å². The second-order valence-corrected chi connectivity index (χ2v) is 5.26. The van der Waals surface area contributed by atoms with Gasteiger partial charge in [-0.3, -0.25) is 4.98 Å². The van der Waals surface area contributed by atoms with Crippen molar-refractivity contribution in [2.75, 3.05) is 6.54 Å². The number of benzene rings is 1. The average molecular weight is 289 g/mol. The summed E-state index contributed by atoms with van der Waals surface area (Å²) in [5, 5.41) is 4.26. The van der Waals surface area contributed by atoms with Crippen LogP contribution in [0.4, 0.5) is 0 Å². The molecular formula is C17H21ClN2. The number of nitrogens with one attached hydrogen (secondary N) is 1. The van der Waals surface area contributed by atoms with Gasteiger partial charge >= 0.3 is 0 Å². The Bertz CT molecular complexity index is 554. The Balaban J connectivity index is 2.38. The van der Waals surface area contributed by atoms with Crippen LogP contribution in [0.5, 0.6) is 0 Å². The second kappa shape index (κ2) is 7.41. The van der Waals surface area contributed by atoms with Crippen molar-refractivity contribution >= 4 is 11.6 Å². The normalized spacial score (nSPS) is 12.3. The highest BCUT2D eigenvalue weighted by Gasteiger charge is 2.17. The van der Waals surface area contributed by atoms with Crippen LogP contribution < -0.4 is 5.32 Å². The summed E-state index contributed by atoms with van der Waals surface area (Å²) < 4.78 is 0. The van der Waals surface area contributed by atoms with Gasteiger partial charge in [0.05, 0.1) is 16.8 Å². The summed E-state index contributed by atoms with van der Waals surface area (Å²) in [6.45, 7) is 5.27. The van der Waals surface area contributed by atoms with E-state index < -0.39 is 0 Å². The number of aromatic nitrogens is 1. The number of aryl methyl sites for hydroxylation is 1. The summed E-state index contributed by atoms with van der Waals surface area (Å²) >= 11 is 6.32. The van der Waals surface area contributed by atoms with Crippen molar-refractivity contribution < 1.29 is 0 Å². The minimum Gasteiger partial charge on any atom is -0.305 e. The van der Waals surface area contributed by atoms with E-state index in [1.807, 2.05) is 12.1 Å². The van der Waals surface area contributed by atoms with Gasteiger partial charge in [0.25, 0.3) is 0 Å². The molecule has 0 aliphatic carbocycles. The molecule has 2 nitrogen and oxygen atoms in total. The molecule has 0 saturated carbocycles. The first kappa shape index (κ1) is 15.0. The van der Waals surface area contributed by atoms with E-state index in [9.17, 15) is 0 Å². The van der Waals surface area contributed by atoms with E-state index in [1.165, 1.54) is 11.1 Å². The van der Waals surface area contributed by atoms with E-state index in [1.54, 1.807) is 6.20 Å². The van der Waals surface area contributed by atoms with E-state index in [-0.39, 0.29) is 6.04 Å². The van der Waals surface area contributed by atoms with Crippen LogP contribution in [0.1, 0.15) is 43.1 Å². The summed E-state index contributed by atoms with van der Waals surface area (Å²) in [5.41, 5.74) is 3.45. The zero-order valence-electron chi connectivity index (χ0n) is 12.1. The molecule has 1 unspecified atom stereocenters. The fourth-order valence-electron chi connectivity index (χ4n) is 2.26. The standard InChI is InChI=1S/C17H21ClN2/c1-3-10-19-16(17-15(18)9-6-11-20-17)14-8-5-7-13(4-2)12-14/h5-9,11-12,16,19H,3-4,10H2,1-2H3. The second-order valence-electron chi connectivity index (χ2n) is 4.86. The lowest BCUT2D eigenvalue weighted by atomic mass is 9.99. The Morgan fingerprint density at radius 1 is 1.20 bits per heavy atom. The molecule has 0 radical (unpaired) electrons. The smallest absolute Gasteiger partial charge is 0.0804 e. The molecule has 1 heterocycles. The van der Waals surface area contributed by atoms with E-state index in [0.717, 1.165) is 25.1 Å². The minimum atomic E-state index is 0.0511.